The minimum absolute atomic E-state index is 0.647. The molecular formula is C12H18N2O. The summed E-state index contributed by atoms with van der Waals surface area (Å²) in [6.07, 6.45) is 2.68. The van der Waals surface area contributed by atoms with Crippen molar-refractivity contribution in [2.45, 2.75) is 26.0 Å². The van der Waals surface area contributed by atoms with Gasteiger partial charge in [0.25, 0.3) is 0 Å². The summed E-state index contributed by atoms with van der Waals surface area (Å²) in [4.78, 5) is 4.49. The summed E-state index contributed by atoms with van der Waals surface area (Å²) in [7, 11) is 1.93. The van der Waals surface area contributed by atoms with Crippen LogP contribution in [0.4, 0.5) is 0 Å². The van der Waals surface area contributed by atoms with Crippen LogP contribution in [0.3, 0.4) is 0 Å². The van der Waals surface area contributed by atoms with Gasteiger partial charge in [0.1, 0.15) is 0 Å². The molecule has 0 unspecified atom stereocenters. The molecule has 0 bridgehead atoms. The molecule has 0 radical (unpaired) electrons. The van der Waals surface area contributed by atoms with Gasteiger partial charge in [-0.05, 0) is 37.9 Å². The molecule has 1 aliphatic rings. The molecule has 1 fully saturated rings. The molecule has 1 N–H and O–H groups in total. The van der Waals surface area contributed by atoms with E-state index in [4.69, 9.17) is 4.74 Å². The van der Waals surface area contributed by atoms with Gasteiger partial charge in [-0.1, -0.05) is 6.07 Å². The molecule has 1 aromatic heterocycles. The van der Waals surface area contributed by atoms with Gasteiger partial charge in [0.15, 0.2) is 0 Å². The number of nitrogens with one attached hydrogen (secondary N) is 1. The van der Waals surface area contributed by atoms with Crippen molar-refractivity contribution in [3.8, 4) is 0 Å². The van der Waals surface area contributed by atoms with Gasteiger partial charge in [0, 0.05) is 13.2 Å². The van der Waals surface area contributed by atoms with Crippen molar-refractivity contribution in [2.24, 2.45) is 5.92 Å². The number of pyridine rings is 1. The first-order valence-electron chi connectivity index (χ1n) is 5.55. The van der Waals surface area contributed by atoms with Crippen LogP contribution >= 0.6 is 0 Å². The average molecular weight is 206 g/mol. The Balaban J connectivity index is 1.80. The van der Waals surface area contributed by atoms with E-state index in [0.29, 0.717) is 6.61 Å². The normalized spacial score (nSPS) is 15.5. The second-order valence-corrected chi connectivity index (χ2v) is 4.11. The van der Waals surface area contributed by atoms with Crippen LogP contribution in [0.25, 0.3) is 0 Å². The minimum atomic E-state index is 0.647. The maximum absolute atomic E-state index is 5.59. The molecule has 1 heterocycles. The molecule has 3 heteroatoms. The lowest BCUT2D eigenvalue weighted by Crippen LogP contribution is -2.08. The molecule has 0 aromatic carbocycles. The third-order valence-corrected chi connectivity index (χ3v) is 2.52. The Morgan fingerprint density at radius 2 is 2.20 bits per heavy atom. The highest BCUT2D eigenvalue weighted by molar-refractivity contribution is 5.10. The van der Waals surface area contributed by atoms with Gasteiger partial charge in [-0.15, -0.1) is 0 Å². The standard InChI is InChI=1S/C12H18N2O/c1-13-7-11-3-2-4-12(14-11)9-15-8-10-5-6-10/h2-4,10,13H,5-9H2,1H3. The van der Waals surface area contributed by atoms with E-state index in [9.17, 15) is 0 Å². The number of hydrogen-bond acceptors (Lipinski definition) is 3. The van der Waals surface area contributed by atoms with Crippen molar-refractivity contribution in [3.05, 3.63) is 29.6 Å². The zero-order chi connectivity index (χ0) is 10.5. The first-order valence-corrected chi connectivity index (χ1v) is 5.55. The van der Waals surface area contributed by atoms with E-state index in [-0.39, 0.29) is 0 Å². The van der Waals surface area contributed by atoms with E-state index >= 15 is 0 Å². The van der Waals surface area contributed by atoms with Crippen molar-refractivity contribution in [1.82, 2.24) is 10.3 Å². The summed E-state index contributed by atoms with van der Waals surface area (Å²) in [5, 5.41) is 3.09. The molecule has 3 nitrogen and oxygen atoms in total. The molecule has 82 valence electrons. The SMILES string of the molecule is CNCc1cccc(COCC2CC2)n1. The van der Waals surface area contributed by atoms with Crippen LogP contribution in [0.15, 0.2) is 18.2 Å². The number of ether oxygens (including phenoxy) is 1. The van der Waals surface area contributed by atoms with Gasteiger partial charge in [-0.2, -0.15) is 0 Å². The predicted molar refractivity (Wildman–Crippen MR) is 59.4 cm³/mol. The number of nitrogens with zero attached hydrogens (tertiary/aromatic N) is 1. The molecule has 1 aromatic rings. The van der Waals surface area contributed by atoms with Gasteiger partial charge < -0.3 is 10.1 Å². The third-order valence-electron chi connectivity index (χ3n) is 2.52. The summed E-state index contributed by atoms with van der Waals surface area (Å²) in [6, 6.07) is 6.09. The Hall–Kier alpha value is -0.930. The smallest absolute Gasteiger partial charge is 0.0888 e. The molecule has 15 heavy (non-hydrogen) atoms. The maximum Gasteiger partial charge on any atom is 0.0888 e. The van der Waals surface area contributed by atoms with Gasteiger partial charge >= 0.3 is 0 Å². The Morgan fingerprint density at radius 3 is 2.93 bits per heavy atom. The monoisotopic (exact) mass is 206 g/mol. The van der Waals surface area contributed by atoms with Crippen LogP contribution in [0, 0.1) is 5.92 Å². The van der Waals surface area contributed by atoms with Crippen molar-refractivity contribution in [3.63, 3.8) is 0 Å². The molecule has 0 saturated heterocycles. The van der Waals surface area contributed by atoms with Gasteiger partial charge in [-0.3, -0.25) is 4.98 Å². The van der Waals surface area contributed by atoms with Crippen LogP contribution in [0.5, 0.6) is 0 Å². The minimum Gasteiger partial charge on any atom is -0.375 e. The third kappa shape index (κ3) is 3.61. The lowest BCUT2D eigenvalue weighted by atomic mass is 10.3. The summed E-state index contributed by atoms with van der Waals surface area (Å²) < 4.78 is 5.59. The zero-order valence-corrected chi connectivity index (χ0v) is 9.20. The van der Waals surface area contributed by atoms with Gasteiger partial charge in [-0.25, -0.2) is 0 Å². The fourth-order valence-electron chi connectivity index (χ4n) is 1.50. The van der Waals surface area contributed by atoms with E-state index in [2.05, 4.69) is 10.3 Å². The molecule has 2 rings (SSSR count). The predicted octanol–water partition coefficient (Wildman–Crippen LogP) is 1.73. The highest BCUT2D eigenvalue weighted by Crippen LogP contribution is 2.28. The fraction of sp³-hybridized carbons (Fsp3) is 0.583. The molecule has 1 saturated carbocycles. The summed E-state index contributed by atoms with van der Waals surface area (Å²) in [5.41, 5.74) is 2.11. The van der Waals surface area contributed by atoms with Crippen molar-refractivity contribution in [2.75, 3.05) is 13.7 Å². The van der Waals surface area contributed by atoms with Crippen molar-refractivity contribution < 1.29 is 4.74 Å². The topological polar surface area (TPSA) is 34.1 Å². The van der Waals surface area contributed by atoms with Crippen LogP contribution in [-0.2, 0) is 17.9 Å². The number of aromatic nitrogens is 1. The largest absolute Gasteiger partial charge is 0.375 e. The Bertz CT molecular complexity index is 310. The van der Waals surface area contributed by atoms with Crippen LogP contribution in [0.1, 0.15) is 24.2 Å². The Labute approximate surface area is 90.9 Å². The van der Waals surface area contributed by atoms with E-state index < -0.39 is 0 Å². The second-order valence-electron chi connectivity index (χ2n) is 4.11. The lowest BCUT2D eigenvalue weighted by molar-refractivity contribution is 0.108. The lowest BCUT2D eigenvalue weighted by Gasteiger charge is -2.05. The molecule has 0 spiro atoms. The molecule has 1 aliphatic carbocycles. The average Bonchev–Trinajstić information content (AvgIpc) is 3.03. The highest BCUT2D eigenvalue weighted by atomic mass is 16.5. The van der Waals surface area contributed by atoms with Crippen molar-refractivity contribution in [1.29, 1.82) is 0 Å². The van der Waals surface area contributed by atoms with Gasteiger partial charge in [0.05, 0.1) is 18.0 Å². The van der Waals surface area contributed by atoms with E-state index in [1.807, 2.05) is 25.2 Å². The molecule has 0 amide bonds. The van der Waals surface area contributed by atoms with E-state index in [0.717, 1.165) is 30.5 Å². The summed E-state index contributed by atoms with van der Waals surface area (Å²) in [6.45, 7) is 2.36. The Morgan fingerprint density at radius 1 is 1.40 bits per heavy atom. The number of rotatable bonds is 6. The second kappa shape index (κ2) is 5.24. The van der Waals surface area contributed by atoms with Crippen LogP contribution in [-0.4, -0.2) is 18.6 Å². The molecular weight excluding hydrogens is 188 g/mol. The van der Waals surface area contributed by atoms with Crippen LogP contribution < -0.4 is 5.32 Å². The molecule has 0 aliphatic heterocycles. The first kappa shape index (κ1) is 10.6. The quantitative estimate of drug-likeness (QED) is 0.769. The van der Waals surface area contributed by atoms with E-state index in [1.165, 1.54) is 12.8 Å². The van der Waals surface area contributed by atoms with Gasteiger partial charge in [0.2, 0.25) is 0 Å². The highest BCUT2D eigenvalue weighted by Gasteiger charge is 2.21. The fourth-order valence-corrected chi connectivity index (χ4v) is 1.50. The maximum atomic E-state index is 5.59. The summed E-state index contributed by atoms with van der Waals surface area (Å²) in [5.74, 6) is 0.825. The van der Waals surface area contributed by atoms with Crippen LogP contribution in [0.2, 0.25) is 0 Å². The Kier molecular flexibility index (Phi) is 3.69. The zero-order valence-electron chi connectivity index (χ0n) is 9.20. The van der Waals surface area contributed by atoms with E-state index in [1.54, 1.807) is 0 Å². The van der Waals surface area contributed by atoms with Crippen molar-refractivity contribution >= 4 is 0 Å². The summed E-state index contributed by atoms with van der Waals surface area (Å²) >= 11 is 0. The molecule has 0 atom stereocenters. The first-order chi connectivity index (χ1) is 7.38. The number of hydrogen-bond donors (Lipinski definition) is 1.